The molecule has 1 nitrogen and oxygen atoms in total. The van der Waals surface area contributed by atoms with Crippen LogP contribution >= 0.6 is 47.0 Å². The van der Waals surface area contributed by atoms with Crippen LogP contribution in [-0.2, 0) is 0 Å². The Kier molecular flexibility index (Phi) is 19.8. The van der Waals surface area contributed by atoms with Gasteiger partial charge >= 0.3 is 305 Å². The van der Waals surface area contributed by atoms with Crippen molar-refractivity contribution in [1.29, 1.82) is 0 Å². The fraction of sp³-hybridized carbons (Fsp3) is 0.0200. The van der Waals surface area contributed by atoms with Crippen LogP contribution in [0.25, 0.3) is 5.41 Å². The Morgan fingerprint density at radius 1 is 0.310 bits per heavy atom. The standard InChI is InChI=1S/2C24H20As.CHCl3.CNS.ClH/c2*1-5-13-21(14-6-1)25(22-15-7-2-8-16-22,23-17-9-3-10-18-23)24-19-11-4-12-20-24;2-1(3)4;2-1-3;/h2*1-20H;1H;;1H/q2*+1;;-1;/p-1. The molecular weight excluding hydrogens is 938 g/mol. The molecule has 0 amide bonds. The molecule has 58 heavy (non-hydrogen) atoms. The summed E-state index contributed by atoms with van der Waals surface area (Å²) in [5.74, 6) is 0. The molecule has 0 unspecified atom stereocenters. The number of halogens is 4. The van der Waals surface area contributed by atoms with Gasteiger partial charge in [-0.1, -0.05) is 47.0 Å². The number of rotatable bonds is 8. The Labute approximate surface area is 375 Å². The molecule has 0 aromatic heterocycles. The van der Waals surface area contributed by atoms with Gasteiger partial charge in [0.15, 0.2) is 4.30 Å². The summed E-state index contributed by atoms with van der Waals surface area (Å²) in [6, 6.07) is 88.4. The summed E-state index contributed by atoms with van der Waals surface area (Å²) in [5, 5.41) is 8.47. The van der Waals surface area contributed by atoms with Crippen molar-refractivity contribution in [3.63, 3.8) is 0 Å². The number of isothiocyanates is 1. The maximum atomic E-state index is 7.13. The van der Waals surface area contributed by atoms with Crippen molar-refractivity contribution < 1.29 is 12.4 Å². The van der Waals surface area contributed by atoms with E-state index < -0.39 is 31.4 Å². The van der Waals surface area contributed by atoms with Gasteiger partial charge in [0.1, 0.15) is 0 Å². The Bertz CT molecular complexity index is 1850. The molecule has 0 heterocycles. The monoisotopic (exact) mass is 977 g/mol. The summed E-state index contributed by atoms with van der Waals surface area (Å²) in [7, 11) is 0. The van der Waals surface area contributed by atoms with Gasteiger partial charge < -0.3 is 17.8 Å². The van der Waals surface area contributed by atoms with Crippen LogP contribution in [0.5, 0.6) is 0 Å². The van der Waals surface area contributed by atoms with Gasteiger partial charge in [-0.05, 0) is 0 Å². The van der Waals surface area contributed by atoms with E-state index >= 15 is 0 Å². The number of hydrogen-bond donors (Lipinski definition) is 0. The molecule has 0 atom stereocenters. The number of hydrogen-bond acceptors (Lipinski definition) is 1. The van der Waals surface area contributed by atoms with Crippen molar-refractivity contribution in [3.8, 4) is 0 Å². The third-order valence-electron chi connectivity index (χ3n) is 9.15. The third kappa shape index (κ3) is 11.5. The molecule has 0 fully saturated rings. The number of thiocarbonyl (C=S) groups is 1. The van der Waals surface area contributed by atoms with E-state index in [1.165, 1.54) is 40.0 Å². The van der Waals surface area contributed by atoms with E-state index in [4.69, 9.17) is 40.2 Å². The second-order valence-corrected chi connectivity index (χ2v) is 28.8. The van der Waals surface area contributed by atoms with E-state index in [0.29, 0.717) is 0 Å². The van der Waals surface area contributed by atoms with Gasteiger partial charge in [0.05, 0.1) is 0 Å². The first kappa shape index (κ1) is 46.5. The van der Waals surface area contributed by atoms with Gasteiger partial charge in [-0.15, -0.1) is 0 Å². The molecule has 8 aromatic carbocycles. The molecule has 8 heteroatoms. The normalized spacial score (nSPS) is 10.4. The summed E-state index contributed by atoms with van der Waals surface area (Å²) >= 11 is 12.6. The molecule has 0 bridgehead atoms. The fourth-order valence-corrected chi connectivity index (χ4v) is 24.9. The second kappa shape index (κ2) is 24.7. The van der Waals surface area contributed by atoms with Crippen LogP contribution in [0.1, 0.15) is 0 Å². The molecule has 8 aromatic rings. The molecule has 0 spiro atoms. The average molecular weight is 980 g/mol. The molecule has 8 rings (SSSR count). The summed E-state index contributed by atoms with van der Waals surface area (Å²) in [6.07, 6.45) is 0. The molecule has 0 saturated heterocycles. The summed E-state index contributed by atoms with van der Waals surface area (Å²) in [6.45, 7) is 0. The zero-order chi connectivity index (χ0) is 40.2. The van der Waals surface area contributed by atoms with Crippen molar-refractivity contribution in [2.45, 2.75) is 4.30 Å². The van der Waals surface area contributed by atoms with E-state index in [0.717, 1.165) is 0 Å². The van der Waals surface area contributed by atoms with E-state index in [2.05, 4.69) is 255 Å². The minimum absolute atomic E-state index is 0. The first-order valence-electron chi connectivity index (χ1n) is 18.2. The quantitative estimate of drug-likeness (QED) is 0.0821. The van der Waals surface area contributed by atoms with Crippen LogP contribution in [0, 0.1) is 0 Å². The first-order valence-corrected chi connectivity index (χ1v) is 27.4. The van der Waals surface area contributed by atoms with Gasteiger partial charge in [-0.2, -0.15) is 5.16 Å². The molecule has 0 saturated carbocycles. The zero-order valence-corrected chi connectivity index (χ0v) is 39.0. The van der Waals surface area contributed by atoms with Crippen molar-refractivity contribution in [3.05, 3.63) is 248 Å². The summed E-state index contributed by atoms with van der Waals surface area (Å²) < 4.78 is 10.8. The predicted octanol–water partition coefficient (Wildman–Crippen LogP) is 5.78. The van der Waals surface area contributed by atoms with E-state index in [1.807, 2.05) is 0 Å². The second-order valence-electron chi connectivity index (χ2n) is 12.4. The van der Waals surface area contributed by atoms with E-state index in [9.17, 15) is 0 Å². The Morgan fingerprint density at radius 3 is 0.483 bits per heavy atom. The fourth-order valence-electron chi connectivity index (χ4n) is 7.00. The molecule has 0 aliphatic rings. The van der Waals surface area contributed by atoms with Crippen molar-refractivity contribution in [1.82, 2.24) is 0 Å². The third-order valence-corrected chi connectivity index (χ3v) is 27.2. The molecule has 0 aliphatic heterocycles. The summed E-state index contributed by atoms with van der Waals surface area (Å²) in [5.41, 5.74) is 0. The van der Waals surface area contributed by atoms with Crippen LogP contribution in [-0.4, -0.2) is 36.6 Å². The SMILES string of the molecule is ClC(Cl)Cl.[Cl-].[N-]=C=S.c1ccc([As+](c2ccccc2)(c2ccccc2)c2ccccc2)cc1.c1ccc([As+](c2ccccc2)(c2ccccc2)c2ccccc2)cc1. The van der Waals surface area contributed by atoms with E-state index in [1.54, 1.807) is 0 Å². The summed E-state index contributed by atoms with van der Waals surface area (Å²) in [4.78, 5) is 0. The van der Waals surface area contributed by atoms with Crippen LogP contribution in [0.2, 0.25) is 0 Å². The topological polar surface area (TPSA) is 22.3 Å². The van der Waals surface area contributed by atoms with Crippen molar-refractivity contribution >= 4 is 114 Å². The van der Waals surface area contributed by atoms with Crippen LogP contribution in [0.15, 0.2) is 243 Å². The Hall–Kier alpha value is -4.16. The van der Waals surface area contributed by atoms with Crippen molar-refractivity contribution in [2.24, 2.45) is 0 Å². The Balaban J connectivity index is 0.000000218. The van der Waals surface area contributed by atoms with Crippen LogP contribution in [0.3, 0.4) is 0 Å². The average Bonchev–Trinajstić information content (AvgIpc) is 3.28. The molecule has 0 aliphatic carbocycles. The maximum absolute atomic E-state index is 7.13. The first-order chi connectivity index (χ1) is 28.0. The van der Waals surface area contributed by atoms with Gasteiger partial charge in [0.2, 0.25) is 0 Å². The van der Waals surface area contributed by atoms with Gasteiger partial charge in [-0.25, -0.2) is 0 Å². The zero-order valence-electron chi connectivity index (χ0n) is 31.4. The van der Waals surface area contributed by atoms with Gasteiger partial charge in [0, 0.05) is 0 Å². The number of benzene rings is 8. The molecule has 0 radical (unpaired) electrons. The predicted molar refractivity (Wildman–Crippen MR) is 257 cm³/mol. The molecule has 0 N–H and O–H groups in total. The number of alkyl halides is 3. The van der Waals surface area contributed by atoms with Crippen LogP contribution < -0.4 is 47.2 Å². The molecular formula is C50H41As2Cl4NS. The molecule has 290 valence electrons. The Morgan fingerprint density at radius 2 is 0.397 bits per heavy atom. The van der Waals surface area contributed by atoms with Crippen molar-refractivity contribution in [2.75, 3.05) is 0 Å². The van der Waals surface area contributed by atoms with Crippen LogP contribution in [0.4, 0.5) is 0 Å². The van der Waals surface area contributed by atoms with Gasteiger partial charge in [-0.3, -0.25) is 0 Å². The van der Waals surface area contributed by atoms with E-state index in [-0.39, 0.29) is 12.4 Å². The number of nitrogens with zero attached hydrogens (tertiary/aromatic N) is 1. The van der Waals surface area contributed by atoms with Gasteiger partial charge in [0.25, 0.3) is 0 Å². The minimum atomic E-state index is -2.77.